The molecule has 3 rings (SSSR count). The highest BCUT2D eigenvalue weighted by molar-refractivity contribution is 6.00. The van der Waals surface area contributed by atoms with Gasteiger partial charge in [0.15, 0.2) is 0 Å². The lowest BCUT2D eigenvalue weighted by atomic mass is 10.1. The van der Waals surface area contributed by atoms with Crippen molar-refractivity contribution in [2.45, 2.75) is 13.1 Å². The first-order valence-electron chi connectivity index (χ1n) is 9.17. The van der Waals surface area contributed by atoms with Crippen molar-refractivity contribution in [1.29, 1.82) is 0 Å². The Labute approximate surface area is 176 Å². The standard InChI is InChI=1S/C21H20F3N5O2/c1-12-8-9-13(31-3)10-17(12)28-20-26-11-15(21(22,23)24)18(29-20)27-16-7-5-4-6-14(16)19(30)25-2/h4-11H,1-3H3,(H,25,30)(H2,26,27,28,29). The van der Waals surface area contributed by atoms with Crippen LogP contribution in [0.4, 0.5) is 36.3 Å². The van der Waals surface area contributed by atoms with E-state index in [0.717, 1.165) is 5.56 Å². The number of ether oxygens (including phenoxy) is 1. The van der Waals surface area contributed by atoms with Gasteiger partial charge in [-0.05, 0) is 30.7 Å². The molecular formula is C21H20F3N5O2. The van der Waals surface area contributed by atoms with Crippen LogP contribution in [0, 0.1) is 6.92 Å². The molecule has 0 atom stereocenters. The average molecular weight is 431 g/mol. The lowest BCUT2D eigenvalue weighted by molar-refractivity contribution is -0.137. The number of carbonyl (C=O) groups is 1. The largest absolute Gasteiger partial charge is 0.497 e. The molecule has 0 aliphatic rings. The van der Waals surface area contributed by atoms with E-state index in [9.17, 15) is 18.0 Å². The predicted octanol–water partition coefficient (Wildman–Crippen LogP) is 4.66. The van der Waals surface area contributed by atoms with Crippen molar-refractivity contribution in [1.82, 2.24) is 15.3 Å². The number of aromatic nitrogens is 2. The fraction of sp³-hybridized carbons (Fsp3) is 0.190. The van der Waals surface area contributed by atoms with E-state index in [1.165, 1.54) is 26.3 Å². The van der Waals surface area contributed by atoms with Gasteiger partial charge in [-0.15, -0.1) is 0 Å². The minimum atomic E-state index is -4.70. The Bertz CT molecular complexity index is 1100. The maximum absolute atomic E-state index is 13.6. The van der Waals surface area contributed by atoms with Gasteiger partial charge in [0.2, 0.25) is 5.95 Å². The maximum Gasteiger partial charge on any atom is 0.421 e. The van der Waals surface area contributed by atoms with Crippen molar-refractivity contribution in [3.8, 4) is 5.75 Å². The molecule has 0 radical (unpaired) electrons. The third kappa shape index (κ3) is 5.03. The summed E-state index contributed by atoms with van der Waals surface area (Å²) in [6.45, 7) is 1.82. The zero-order valence-corrected chi connectivity index (χ0v) is 17.0. The van der Waals surface area contributed by atoms with Gasteiger partial charge >= 0.3 is 6.18 Å². The second-order valence-corrected chi connectivity index (χ2v) is 6.51. The van der Waals surface area contributed by atoms with E-state index in [1.54, 1.807) is 30.3 Å². The summed E-state index contributed by atoms with van der Waals surface area (Å²) >= 11 is 0. The van der Waals surface area contributed by atoms with Crippen molar-refractivity contribution in [3.05, 3.63) is 65.4 Å². The first-order chi connectivity index (χ1) is 14.7. The summed E-state index contributed by atoms with van der Waals surface area (Å²) < 4.78 is 45.9. The molecule has 3 N–H and O–H groups in total. The molecule has 31 heavy (non-hydrogen) atoms. The SMILES string of the molecule is CNC(=O)c1ccccc1Nc1nc(Nc2cc(OC)ccc2C)ncc1C(F)(F)F. The fourth-order valence-corrected chi connectivity index (χ4v) is 2.78. The van der Waals surface area contributed by atoms with Gasteiger partial charge in [-0.25, -0.2) is 4.98 Å². The van der Waals surface area contributed by atoms with Crippen LogP contribution < -0.4 is 20.7 Å². The Morgan fingerprint density at radius 1 is 1.06 bits per heavy atom. The van der Waals surface area contributed by atoms with Crippen molar-refractivity contribution in [3.63, 3.8) is 0 Å². The zero-order valence-electron chi connectivity index (χ0n) is 17.0. The normalized spacial score (nSPS) is 11.0. The van der Waals surface area contributed by atoms with Crippen LogP contribution in [0.25, 0.3) is 0 Å². The van der Waals surface area contributed by atoms with Crippen LogP contribution in [-0.4, -0.2) is 30.0 Å². The predicted molar refractivity (Wildman–Crippen MR) is 111 cm³/mol. The van der Waals surface area contributed by atoms with E-state index in [0.29, 0.717) is 17.6 Å². The summed E-state index contributed by atoms with van der Waals surface area (Å²) in [7, 11) is 2.94. The number of benzene rings is 2. The summed E-state index contributed by atoms with van der Waals surface area (Å²) in [5, 5.41) is 8.00. The number of nitrogens with one attached hydrogen (secondary N) is 3. The Hall–Kier alpha value is -3.82. The molecule has 0 unspecified atom stereocenters. The van der Waals surface area contributed by atoms with Crippen molar-refractivity contribution in [2.24, 2.45) is 0 Å². The van der Waals surface area contributed by atoms with Crippen LogP contribution in [0.15, 0.2) is 48.7 Å². The molecule has 0 saturated carbocycles. The summed E-state index contributed by atoms with van der Waals surface area (Å²) in [5.74, 6) is -0.417. The van der Waals surface area contributed by atoms with Crippen LogP contribution in [-0.2, 0) is 6.18 Å². The number of carbonyl (C=O) groups excluding carboxylic acids is 1. The molecule has 0 aliphatic heterocycles. The fourth-order valence-electron chi connectivity index (χ4n) is 2.78. The molecule has 0 fully saturated rings. The number of hydrogen-bond acceptors (Lipinski definition) is 6. The zero-order chi connectivity index (χ0) is 22.6. The van der Waals surface area contributed by atoms with E-state index >= 15 is 0 Å². The van der Waals surface area contributed by atoms with Crippen molar-refractivity contribution >= 4 is 29.0 Å². The quantitative estimate of drug-likeness (QED) is 0.526. The highest BCUT2D eigenvalue weighted by Gasteiger charge is 2.35. The number of anilines is 4. The number of methoxy groups -OCH3 is 1. The first-order valence-corrected chi connectivity index (χ1v) is 9.17. The molecule has 0 spiro atoms. The number of halogens is 3. The van der Waals surface area contributed by atoms with Crippen LogP contribution in [0.2, 0.25) is 0 Å². The lowest BCUT2D eigenvalue weighted by Gasteiger charge is -2.17. The van der Waals surface area contributed by atoms with Gasteiger partial charge in [0.25, 0.3) is 5.91 Å². The summed E-state index contributed by atoms with van der Waals surface area (Å²) in [5.41, 5.74) is 0.691. The first kappa shape index (κ1) is 21.9. The molecule has 0 saturated heterocycles. The molecule has 3 aromatic rings. The third-order valence-corrected chi connectivity index (χ3v) is 4.44. The minimum absolute atomic E-state index is 0.0516. The Kier molecular flexibility index (Phi) is 6.28. The number of rotatable bonds is 6. The molecule has 10 heteroatoms. The monoisotopic (exact) mass is 431 g/mol. The van der Waals surface area contributed by atoms with Crippen LogP contribution in [0.1, 0.15) is 21.5 Å². The third-order valence-electron chi connectivity index (χ3n) is 4.44. The second-order valence-electron chi connectivity index (χ2n) is 6.51. The Balaban J connectivity index is 2.02. The molecule has 0 bridgehead atoms. The van der Waals surface area contributed by atoms with Crippen LogP contribution in [0.3, 0.4) is 0 Å². The molecule has 7 nitrogen and oxygen atoms in total. The van der Waals surface area contributed by atoms with E-state index < -0.39 is 23.5 Å². The smallest absolute Gasteiger partial charge is 0.421 e. The average Bonchev–Trinajstić information content (AvgIpc) is 2.74. The van der Waals surface area contributed by atoms with Crippen molar-refractivity contribution < 1.29 is 22.7 Å². The molecule has 1 aromatic heterocycles. The number of para-hydroxylation sites is 1. The van der Waals surface area contributed by atoms with Gasteiger partial charge in [0.05, 0.1) is 18.4 Å². The van der Waals surface area contributed by atoms with Gasteiger partial charge in [0, 0.05) is 25.0 Å². The van der Waals surface area contributed by atoms with E-state index in [2.05, 4.69) is 25.9 Å². The number of hydrogen-bond donors (Lipinski definition) is 3. The van der Waals surface area contributed by atoms with Crippen LogP contribution in [0.5, 0.6) is 5.75 Å². The summed E-state index contributed by atoms with van der Waals surface area (Å²) in [4.78, 5) is 19.9. The molecule has 0 aliphatic carbocycles. The molecule has 162 valence electrons. The molecule has 2 aromatic carbocycles. The van der Waals surface area contributed by atoms with E-state index in [1.807, 2.05) is 6.92 Å². The van der Waals surface area contributed by atoms with E-state index in [4.69, 9.17) is 4.74 Å². The number of aryl methyl sites for hydroxylation is 1. The maximum atomic E-state index is 13.6. The topological polar surface area (TPSA) is 88.2 Å². The minimum Gasteiger partial charge on any atom is -0.497 e. The van der Waals surface area contributed by atoms with Crippen molar-refractivity contribution in [2.75, 3.05) is 24.8 Å². The summed E-state index contributed by atoms with van der Waals surface area (Å²) in [6.07, 6.45) is -4.01. The van der Waals surface area contributed by atoms with Gasteiger partial charge < -0.3 is 20.7 Å². The van der Waals surface area contributed by atoms with Gasteiger partial charge in [-0.3, -0.25) is 4.79 Å². The van der Waals surface area contributed by atoms with Crippen LogP contribution >= 0.6 is 0 Å². The van der Waals surface area contributed by atoms with Gasteiger partial charge in [-0.2, -0.15) is 18.2 Å². The second kappa shape index (κ2) is 8.90. The number of alkyl halides is 3. The highest BCUT2D eigenvalue weighted by atomic mass is 19.4. The highest BCUT2D eigenvalue weighted by Crippen LogP contribution is 2.36. The molecular weight excluding hydrogens is 411 g/mol. The van der Waals surface area contributed by atoms with Gasteiger partial charge in [-0.1, -0.05) is 18.2 Å². The van der Waals surface area contributed by atoms with E-state index in [-0.39, 0.29) is 17.2 Å². The molecule has 1 heterocycles. The lowest BCUT2D eigenvalue weighted by Crippen LogP contribution is -2.20. The number of nitrogens with zero attached hydrogens (tertiary/aromatic N) is 2. The number of amides is 1. The summed E-state index contributed by atoms with van der Waals surface area (Å²) in [6, 6.07) is 11.4. The molecule has 1 amide bonds. The van der Waals surface area contributed by atoms with Gasteiger partial charge in [0.1, 0.15) is 17.1 Å². The Morgan fingerprint density at radius 3 is 2.48 bits per heavy atom. The Morgan fingerprint density at radius 2 is 1.81 bits per heavy atom.